The zero-order chi connectivity index (χ0) is 17.6. The Kier molecular flexibility index (Phi) is 5.31. The second-order valence-electron chi connectivity index (χ2n) is 5.69. The maximum absolute atomic E-state index is 9.51. The predicted molar refractivity (Wildman–Crippen MR) is 98.7 cm³/mol. The van der Waals surface area contributed by atoms with Crippen molar-refractivity contribution in [2.24, 2.45) is 0 Å². The average molecular weight is 335 g/mol. The van der Waals surface area contributed by atoms with Crippen molar-refractivity contribution in [3.8, 4) is 33.8 Å². The molecule has 0 unspecified atom stereocenters. The highest BCUT2D eigenvalue weighted by Gasteiger charge is 2.11. The van der Waals surface area contributed by atoms with Gasteiger partial charge in [0.2, 0.25) is 0 Å². The molecular formula is C21H21NO3. The molecule has 0 spiro atoms. The van der Waals surface area contributed by atoms with Crippen molar-refractivity contribution >= 4 is 0 Å². The van der Waals surface area contributed by atoms with Crippen molar-refractivity contribution < 1.29 is 14.6 Å². The van der Waals surface area contributed by atoms with Gasteiger partial charge in [-0.15, -0.1) is 0 Å². The Morgan fingerprint density at radius 3 is 1.96 bits per heavy atom. The minimum Gasteiger partial charge on any atom is -0.508 e. The number of nitrogens with zero attached hydrogens (tertiary/aromatic N) is 1. The number of hydrogen-bond acceptors (Lipinski definition) is 4. The maximum atomic E-state index is 9.51. The van der Waals surface area contributed by atoms with Gasteiger partial charge in [0.25, 0.3) is 0 Å². The summed E-state index contributed by atoms with van der Waals surface area (Å²) in [5, 5.41) is 9.51. The van der Waals surface area contributed by atoms with Crippen LogP contribution in [0.1, 0.15) is 12.5 Å². The Hall–Kier alpha value is -2.85. The van der Waals surface area contributed by atoms with Gasteiger partial charge in [0.15, 0.2) is 6.79 Å². The highest BCUT2D eigenvalue weighted by molar-refractivity contribution is 5.77. The van der Waals surface area contributed by atoms with Gasteiger partial charge in [-0.25, -0.2) is 0 Å². The molecule has 0 saturated carbocycles. The topological polar surface area (TPSA) is 51.6 Å². The standard InChI is InChI=1S/C21H21NO3/c1-3-19-20(15-4-8-17(23)9-5-15)12-22-13-21(19)16-6-10-18(11-7-16)25-14-24-2/h4-13,23H,3,14H2,1-2H3. The molecule has 4 heteroatoms. The van der Waals surface area contributed by atoms with Gasteiger partial charge in [-0.1, -0.05) is 31.2 Å². The van der Waals surface area contributed by atoms with E-state index >= 15 is 0 Å². The van der Waals surface area contributed by atoms with Gasteiger partial charge in [0.05, 0.1) is 0 Å². The molecule has 2 aromatic carbocycles. The van der Waals surface area contributed by atoms with Gasteiger partial charge in [-0.05, 0) is 47.4 Å². The van der Waals surface area contributed by atoms with E-state index in [0.717, 1.165) is 34.4 Å². The van der Waals surface area contributed by atoms with Crippen LogP contribution in [-0.2, 0) is 11.2 Å². The Morgan fingerprint density at radius 2 is 1.44 bits per heavy atom. The van der Waals surface area contributed by atoms with Gasteiger partial charge in [-0.3, -0.25) is 4.98 Å². The predicted octanol–water partition coefficient (Wildman–Crippen LogP) is 4.67. The van der Waals surface area contributed by atoms with E-state index in [9.17, 15) is 5.11 Å². The Balaban J connectivity index is 1.99. The van der Waals surface area contributed by atoms with E-state index in [1.54, 1.807) is 19.2 Å². The van der Waals surface area contributed by atoms with Gasteiger partial charge in [0, 0.05) is 30.6 Å². The molecule has 25 heavy (non-hydrogen) atoms. The molecule has 1 heterocycles. The van der Waals surface area contributed by atoms with Crippen LogP contribution in [0.2, 0.25) is 0 Å². The average Bonchev–Trinajstić information content (AvgIpc) is 2.67. The van der Waals surface area contributed by atoms with Crippen molar-refractivity contribution in [2.45, 2.75) is 13.3 Å². The Bertz CT molecular complexity index is 827. The molecule has 3 aromatic rings. The lowest BCUT2D eigenvalue weighted by atomic mass is 9.93. The molecular weight excluding hydrogens is 314 g/mol. The largest absolute Gasteiger partial charge is 0.508 e. The summed E-state index contributed by atoms with van der Waals surface area (Å²) in [6.45, 7) is 2.37. The van der Waals surface area contributed by atoms with Gasteiger partial charge >= 0.3 is 0 Å². The smallest absolute Gasteiger partial charge is 0.188 e. The number of hydrogen-bond donors (Lipinski definition) is 1. The molecule has 0 aliphatic heterocycles. The number of aromatic nitrogens is 1. The second kappa shape index (κ2) is 7.81. The van der Waals surface area contributed by atoms with Crippen molar-refractivity contribution in [2.75, 3.05) is 13.9 Å². The molecule has 4 nitrogen and oxygen atoms in total. The van der Waals surface area contributed by atoms with Crippen LogP contribution in [0.25, 0.3) is 22.3 Å². The summed E-state index contributed by atoms with van der Waals surface area (Å²) in [6, 6.07) is 15.1. The van der Waals surface area contributed by atoms with E-state index < -0.39 is 0 Å². The molecule has 0 radical (unpaired) electrons. The molecule has 128 valence electrons. The zero-order valence-corrected chi connectivity index (χ0v) is 14.4. The number of methoxy groups -OCH3 is 1. The summed E-state index contributed by atoms with van der Waals surface area (Å²) < 4.78 is 10.4. The summed E-state index contributed by atoms with van der Waals surface area (Å²) in [6.07, 6.45) is 4.66. The summed E-state index contributed by atoms with van der Waals surface area (Å²) in [5.74, 6) is 1.03. The van der Waals surface area contributed by atoms with Crippen LogP contribution in [0.3, 0.4) is 0 Å². The fraction of sp³-hybridized carbons (Fsp3) is 0.190. The number of rotatable bonds is 6. The van der Waals surface area contributed by atoms with Crippen LogP contribution in [0.5, 0.6) is 11.5 Å². The monoisotopic (exact) mass is 335 g/mol. The molecule has 0 bridgehead atoms. The van der Waals surface area contributed by atoms with Crippen LogP contribution < -0.4 is 4.74 Å². The van der Waals surface area contributed by atoms with Crippen molar-refractivity contribution in [1.82, 2.24) is 4.98 Å². The number of ether oxygens (including phenoxy) is 2. The van der Waals surface area contributed by atoms with Crippen LogP contribution in [-0.4, -0.2) is 24.0 Å². The molecule has 0 atom stereocenters. The summed E-state index contributed by atoms with van der Waals surface area (Å²) in [7, 11) is 1.60. The normalized spacial score (nSPS) is 10.6. The van der Waals surface area contributed by atoms with E-state index in [-0.39, 0.29) is 12.5 Å². The molecule has 0 fully saturated rings. The lowest BCUT2D eigenvalue weighted by Gasteiger charge is -2.14. The maximum Gasteiger partial charge on any atom is 0.188 e. The number of pyridine rings is 1. The van der Waals surface area contributed by atoms with Crippen LogP contribution in [0.15, 0.2) is 60.9 Å². The first-order chi connectivity index (χ1) is 12.2. The third-order valence-corrected chi connectivity index (χ3v) is 4.10. The molecule has 1 aromatic heterocycles. The zero-order valence-electron chi connectivity index (χ0n) is 14.4. The molecule has 0 aliphatic carbocycles. The van der Waals surface area contributed by atoms with E-state index in [1.807, 2.05) is 48.8 Å². The first kappa shape index (κ1) is 17.0. The molecule has 1 N–H and O–H groups in total. The quantitative estimate of drug-likeness (QED) is 0.665. The summed E-state index contributed by atoms with van der Waals surface area (Å²) in [5.41, 5.74) is 5.55. The second-order valence-corrected chi connectivity index (χ2v) is 5.69. The first-order valence-electron chi connectivity index (χ1n) is 8.21. The van der Waals surface area contributed by atoms with E-state index in [1.165, 1.54) is 5.56 Å². The Labute approximate surface area is 147 Å². The molecule has 3 rings (SSSR count). The van der Waals surface area contributed by atoms with Crippen molar-refractivity contribution in [1.29, 1.82) is 0 Å². The van der Waals surface area contributed by atoms with Crippen LogP contribution >= 0.6 is 0 Å². The lowest BCUT2D eigenvalue weighted by molar-refractivity contribution is 0.0511. The third kappa shape index (κ3) is 3.80. The molecule has 0 saturated heterocycles. The highest BCUT2D eigenvalue weighted by atomic mass is 16.7. The van der Waals surface area contributed by atoms with E-state index in [0.29, 0.717) is 0 Å². The Morgan fingerprint density at radius 1 is 0.880 bits per heavy atom. The van der Waals surface area contributed by atoms with Crippen LogP contribution in [0, 0.1) is 0 Å². The fourth-order valence-electron chi connectivity index (χ4n) is 2.86. The SMILES string of the molecule is CCc1c(-c2ccc(O)cc2)cncc1-c1ccc(OCOC)cc1. The van der Waals surface area contributed by atoms with E-state index in [2.05, 4.69) is 11.9 Å². The summed E-state index contributed by atoms with van der Waals surface area (Å²) >= 11 is 0. The molecule has 0 aliphatic rings. The highest BCUT2D eigenvalue weighted by Crippen LogP contribution is 2.33. The number of aromatic hydroxyl groups is 1. The fourth-order valence-corrected chi connectivity index (χ4v) is 2.86. The number of phenolic OH excluding ortho intramolecular Hbond substituents is 1. The van der Waals surface area contributed by atoms with Gasteiger partial charge in [0.1, 0.15) is 11.5 Å². The molecule has 0 amide bonds. The number of phenols is 1. The minimum atomic E-state index is 0.234. The van der Waals surface area contributed by atoms with Gasteiger partial charge < -0.3 is 14.6 Å². The minimum absolute atomic E-state index is 0.234. The summed E-state index contributed by atoms with van der Waals surface area (Å²) in [4.78, 5) is 4.43. The third-order valence-electron chi connectivity index (χ3n) is 4.10. The lowest BCUT2D eigenvalue weighted by Crippen LogP contribution is -1.98. The number of benzene rings is 2. The van der Waals surface area contributed by atoms with Crippen molar-refractivity contribution in [3.05, 3.63) is 66.5 Å². The van der Waals surface area contributed by atoms with Gasteiger partial charge in [-0.2, -0.15) is 0 Å². The van der Waals surface area contributed by atoms with E-state index in [4.69, 9.17) is 9.47 Å². The van der Waals surface area contributed by atoms with Crippen LogP contribution in [0.4, 0.5) is 0 Å². The first-order valence-corrected chi connectivity index (χ1v) is 8.21. The van der Waals surface area contributed by atoms with Crippen molar-refractivity contribution in [3.63, 3.8) is 0 Å².